The molecule has 0 unspecified atom stereocenters. The predicted octanol–water partition coefficient (Wildman–Crippen LogP) is 5.67. The normalized spacial score (nSPS) is 10.7. The third-order valence-corrected chi connectivity index (χ3v) is 6.05. The van der Waals surface area contributed by atoms with Crippen molar-refractivity contribution in [1.29, 1.82) is 0 Å². The number of carbonyl (C=O) groups is 4. The van der Waals surface area contributed by atoms with Crippen LogP contribution < -0.4 is 0 Å². The van der Waals surface area contributed by atoms with E-state index in [1.165, 1.54) is 12.1 Å². The van der Waals surface area contributed by atoms with Gasteiger partial charge in [-0.15, -0.1) is 0 Å². The van der Waals surface area contributed by atoms with E-state index in [2.05, 4.69) is 0 Å². The minimum Gasteiger partial charge on any atom is -0.462 e. The molecule has 0 aliphatic rings. The van der Waals surface area contributed by atoms with Gasteiger partial charge in [-0.25, -0.2) is 29.1 Å². The molecule has 42 heavy (non-hydrogen) atoms. The number of aromatic nitrogens is 2. The Bertz CT molecular complexity index is 1470. The Morgan fingerprint density at radius 1 is 0.500 bits per heavy atom. The van der Waals surface area contributed by atoms with E-state index in [4.69, 9.17) is 28.9 Å². The minimum absolute atomic E-state index is 0.175. The molecule has 0 fully saturated rings. The Labute approximate surface area is 242 Å². The molecule has 4 rings (SSSR count). The number of ether oxygens (including phenoxy) is 4. The summed E-state index contributed by atoms with van der Waals surface area (Å²) in [5, 5.41) is 0.724. The topological polar surface area (TPSA) is 131 Å². The van der Waals surface area contributed by atoms with Crippen LogP contribution in [0.25, 0.3) is 33.5 Å². The lowest BCUT2D eigenvalue weighted by Gasteiger charge is -2.11. The molecule has 0 bridgehead atoms. The smallest absolute Gasteiger partial charge is 0.338 e. The first-order valence-corrected chi connectivity index (χ1v) is 13.5. The van der Waals surface area contributed by atoms with Gasteiger partial charge in [0.2, 0.25) is 0 Å². The fraction of sp³-hybridized carbons (Fsp3) is 0.250. The number of benzene rings is 2. The zero-order valence-electron chi connectivity index (χ0n) is 23.8. The summed E-state index contributed by atoms with van der Waals surface area (Å²) in [6, 6.07) is 16.3. The molecule has 2 aromatic carbocycles. The highest BCUT2D eigenvalue weighted by atomic mass is 16.5. The lowest BCUT2D eigenvalue weighted by Crippen LogP contribution is -2.10. The lowest BCUT2D eigenvalue weighted by atomic mass is 10.0. The summed E-state index contributed by atoms with van der Waals surface area (Å²) in [6.07, 6.45) is 0. The zero-order valence-corrected chi connectivity index (χ0v) is 23.8. The molecule has 0 atom stereocenters. The van der Waals surface area contributed by atoms with Gasteiger partial charge in [0.15, 0.2) is 5.65 Å². The number of fused-ring (bicyclic) bond motifs is 1. The summed E-state index contributed by atoms with van der Waals surface area (Å²) >= 11 is 0. The molecule has 2 aromatic heterocycles. The van der Waals surface area contributed by atoms with E-state index in [1.807, 2.05) is 12.1 Å². The number of hydrogen-bond acceptors (Lipinski definition) is 10. The molecular formula is C32H30N2O8. The van der Waals surface area contributed by atoms with Gasteiger partial charge in [0, 0.05) is 16.5 Å². The van der Waals surface area contributed by atoms with Crippen molar-refractivity contribution in [2.75, 3.05) is 26.4 Å². The van der Waals surface area contributed by atoms with Crippen LogP contribution in [-0.2, 0) is 18.9 Å². The number of carbonyl (C=O) groups excluding carboxylic acids is 4. The van der Waals surface area contributed by atoms with Crippen LogP contribution in [0.1, 0.15) is 69.1 Å². The minimum atomic E-state index is -0.579. The van der Waals surface area contributed by atoms with Crippen molar-refractivity contribution >= 4 is 34.9 Å². The van der Waals surface area contributed by atoms with E-state index in [0.717, 1.165) is 5.39 Å². The largest absolute Gasteiger partial charge is 0.462 e. The quantitative estimate of drug-likeness (QED) is 0.174. The Balaban J connectivity index is 1.82. The van der Waals surface area contributed by atoms with Gasteiger partial charge in [-0.2, -0.15) is 0 Å². The Morgan fingerprint density at radius 2 is 0.810 bits per heavy atom. The summed E-state index contributed by atoms with van der Waals surface area (Å²) in [5.41, 5.74) is 2.99. The Hall–Kier alpha value is -5.12. The van der Waals surface area contributed by atoms with Crippen LogP contribution in [0.5, 0.6) is 0 Å². The third kappa shape index (κ3) is 6.77. The number of nitrogens with zero attached hydrogens (tertiary/aromatic N) is 2. The molecule has 0 amide bonds. The molecule has 0 saturated heterocycles. The van der Waals surface area contributed by atoms with Crippen molar-refractivity contribution in [2.24, 2.45) is 0 Å². The summed E-state index contributed by atoms with van der Waals surface area (Å²) in [5.74, 6) is -2.31. The van der Waals surface area contributed by atoms with E-state index in [0.29, 0.717) is 28.2 Å². The van der Waals surface area contributed by atoms with Gasteiger partial charge in [0.05, 0.1) is 60.1 Å². The molecule has 10 heteroatoms. The number of esters is 4. The Kier molecular flexibility index (Phi) is 9.59. The number of rotatable bonds is 10. The fourth-order valence-electron chi connectivity index (χ4n) is 4.20. The SMILES string of the molecule is CCOC(=O)c1cc(C(=O)OCC)cc(-c2ccc3ccc(-c4cc(C(=O)OCC)cc(C(=O)OCC)c4)nc3n2)c1. The summed E-state index contributed by atoms with van der Waals surface area (Å²) in [6.45, 7) is 7.48. The molecule has 0 saturated carbocycles. The molecule has 216 valence electrons. The van der Waals surface area contributed by atoms with Crippen molar-refractivity contribution in [1.82, 2.24) is 9.97 Å². The maximum absolute atomic E-state index is 12.5. The van der Waals surface area contributed by atoms with Crippen LogP contribution >= 0.6 is 0 Å². The van der Waals surface area contributed by atoms with Crippen LogP contribution in [-0.4, -0.2) is 60.3 Å². The van der Waals surface area contributed by atoms with Crippen LogP contribution in [0.15, 0.2) is 60.7 Å². The van der Waals surface area contributed by atoms with Crippen LogP contribution in [0.3, 0.4) is 0 Å². The first-order valence-electron chi connectivity index (χ1n) is 13.5. The monoisotopic (exact) mass is 570 g/mol. The van der Waals surface area contributed by atoms with E-state index in [9.17, 15) is 19.2 Å². The fourth-order valence-corrected chi connectivity index (χ4v) is 4.20. The number of pyridine rings is 2. The molecule has 0 aliphatic heterocycles. The van der Waals surface area contributed by atoms with Crippen molar-refractivity contribution < 1.29 is 38.1 Å². The van der Waals surface area contributed by atoms with Gasteiger partial charge in [-0.1, -0.05) is 0 Å². The maximum atomic E-state index is 12.5. The van der Waals surface area contributed by atoms with E-state index in [1.54, 1.807) is 64.1 Å². The van der Waals surface area contributed by atoms with Crippen molar-refractivity contribution in [3.63, 3.8) is 0 Å². The van der Waals surface area contributed by atoms with Gasteiger partial charge in [0.1, 0.15) is 0 Å². The van der Waals surface area contributed by atoms with Gasteiger partial charge >= 0.3 is 23.9 Å². The molecule has 10 nitrogen and oxygen atoms in total. The molecule has 0 N–H and O–H groups in total. The van der Waals surface area contributed by atoms with E-state index in [-0.39, 0.29) is 48.7 Å². The molecule has 2 heterocycles. The van der Waals surface area contributed by atoms with Crippen LogP contribution in [0.4, 0.5) is 0 Å². The summed E-state index contributed by atoms with van der Waals surface area (Å²) < 4.78 is 20.6. The second kappa shape index (κ2) is 13.5. The predicted molar refractivity (Wildman–Crippen MR) is 154 cm³/mol. The van der Waals surface area contributed by atoms with Crippen molar-refractivity contribution in [2.45, 2.75) is 27.7 Å². The molecule has 0 spiro atoms. The highest BCUT2D eigenvalue weighted by molar-refractivity contribution is 5.99. The molecular weight excluding hydrogens is 540 g/mol. The summed E-state index contributed by atoms with van der Waals surface area (Å²) in [4.78, 5) is 59.5. The van der Waals surface area contributed by atoms with Gasteiger partial charge in [-0.3, -0.25) is 0 Å². The first-order chi connectivity index (χ1) is 20.3. The van der Waals surface area contributed by atoms with Crippen molar-refractivity contribution in [3.05, 3.63) is 82.9 Å². The van der Waals surface area contributed by atoms with Gasteiger partial charge in [-0.05, 0) is 88.4 Å². The van der Waals surface area contributed by atoms with E-state index < -0.39 is 23.9 Å². The summed E-state index contributed by atoms with van der Waals surface area (Å²) in [7, 11) is 0. The third-order valence-electron chi connectivity index (χ3n) is 6.05. The maximum Gasteiger partial charge on any atom is 0.338 e. The molecule has 0 radical (unpaired) electrons. The number of hydrogen-bond donors (Lipinski definition) is 0. The van der Waals surface area contributed by atoms with E-state index >= 15 is 0 Å². The zero-order chi connectivity index (χ0) is 30.2. The van der Waals surface area contributed by atoms with Gasteiger partial charge in [0.25, 0.3) is 0 Å². The average Bonchev–Trinajstić information content (AvgIpc) is 3.00. The molecule has 4 aromatic rings. The highest BCUT2D eigenvalue weighted by Crippen LogP contribution is 2.27. The second-order valence-corrected chi connectivity index (χ2v) is 8.92. The lowest BCUT2D eigenvalue weighted by molar-refractivity contribution is 0.0506. The molecule has 0 aliphatic carbocycles. The standard InChI is InChI=1S/C32H30N2O8/c1-5-39-29(35)22-13-20(14-23(17-22)30(36)40-6-2)26-11-9-19-10-12-27(34-28(19)33-26)21-15-24(31(37)41-7-3)18-25(16-21)32(38)42-8-4/h9-18H,5-8H2,1-4H3. The Morgan fingerprint density at radius 3 is 1.10 bits per heavy atom. The average molecular weight is 571 g/mol. The second-order valence-electron chi connectivity index (χ2n) is 8.92. The highest BCUT2D eigenvalue weighted by Gasteiger charge is 2.18. The van der Waals surface area contributed by atoms with Crippen LogP contribution in [0.2, 0.25) is 0 Å². The van der Waals surface area contributed by atoms with Crippen LogP contribution in [0, 0.1) is 0 Å². The van der Waals surface area contributed by atoms with Gasteiger partial charge < -0.3 is 18.9 Å². The van der Waals surface area contributed by atoms with Crippen molar-refractivity contribution in [3.8, 4) is 22.5 Å². The first kappa shape index (κ1) is 29.9.